The lowest BCUT2D eigenvalue weighted by atomic mass is 9.89. The van der Waals surface area contributed by atoms with Gasteiger partial charge in [0.25, 0.3) is 0 Å². The van der Waals surface area contributed by atoms with Gasteiger partial charge in [-0.3, -0.25) is 0 Å². The van der Waals surface area contributed by atoms with Crippen molar-refractivity contribution in [1.29, 1.82) is 0 Å². The summed E-state index contributed by atoms with van der Waals surface area (Å²) >= 11 is 4.98. The normalized spacial score (nSPS) is 23.0. The quantitative estimate of drug-likeness (QED) is 0.647. The van der Waals surface area contributed by atoms with Crippen LogP contribution in [0.3, 0.4) is 0 Å². The molecule has 0 amide bonds. The predicted molar refractivity (Wildman–Crippen MR) is 91.8 cm³/mol. The Morgan fingerprint density at radius 3 is 2.90 bits per heavy atom. The highest BCUT2D eigenvalue weighted by atomic mass is 32.1. The molecular weight excluding hydrogens is 280 g/mol. The number of thiocarbonyl (C=S) groups is 1. The first-order chi connectivity index (χ1) is 10.1. The molecule has 2 rings (SSSR count). The molecule has 2 atom stereocenters. The van der Waals surface area contributed by atoms with Crippen LogP contribution >= 0.6 is 12.2 Å². The number of nitrogens with two attached hydrogens (primary N) is 1. The van der Waals surface area contributed by atoms with Crippen LogP contribution in [-0.2, 0) is 0 Å². The zero-order valence-electron chi connectivity index (χ0n) is 13.0. The number of likely N-dealkylation sites (tertiary alicyclic amines) is 1. The maximum absolute atomic E-state index is 5.79. The molecule has 21 heavy (non-hydrogen) atoms. The monoisotopic (exact) mass is 306 g/mol. The third-order valence-electron chi connectivity index (χ3n) is 4.42. The summed E-state index contributed by atoms with van der Waals surface area (Å²) in [6.07, 6.45) is 2.37. The number of piperidine rings is 1. The van der Waals surface area contributed by atoms with E-state index in [1.54, 1.807) is 0 Å². The van der Waals surface area contributed by atoms with Gasteiger partial charge in [-0.25, -0.2) is 0 Å². The standard InChI is InChI=1S/C17H26N2OS/c1-13-7-9-19(12-14(13)2)8-4-10-20-16-6-3-5-15(11-16)17(18)21/h3,5-6,11,13-14H,4,7-10,12H2,1-2H3,(H2,18,21). The Morgan fingerprint density at radius 2 is 2.19 bits per heavy atom. The molecule has 4 heteroatoms. The van der Waals surface area contributed by atoms with Crippen molar-refractivity contribution in [3.05, 3.63) is 29.8 Å². The minimum absolute atomic E-state index is 0.414. The maximum Gasteiger partial charge on any atom is 0.119 e. The fourth-order valence-electron chi connectivity index (χ4n) is 2.77. The summed E-state index contributed by atoms with van der Waals surface area (Å²) in [5, 5.41) is 0. The molecule has 1 fully saturated rings. The van der Waals surface area contributed by atoms with Crippen molar-refractivity contribution in [3.63, 3.8) is 0 Å². The molecule has 0 saturated carbocycles. The van der Waals surface area contributed by atoms with E-state index in [9.17, 15) is 0 Å². The predicted octanol–water partition coefficient (Wildman–Crippen LogP) is 3.07. The third kappa shape index (κ3) is 4.97. The summed E-state index contributed by atoms with van der Waals surface area (Å²) in [5.74, 6) is 2.52. The van der Waals surface area contributed by atoms with Gasteiger partial charge in [-0.15, -0.1) is 0 Å². The average Bonchev–Trinajstić information content (AvgIpc) is 2.47. The molecule has 0 radical (unpaired) electrons. The topological polar surface area (TPSA) is 38.5 Å². The van der Waals surface area contributed by atoms with Gasteiger partial charge in [0.2, 0.25) is 0 Å². The van der Waals surface area contributed by atoms with Gasteiger partial charge in [0.05, 0.1) is 6.61 Å². The molecule has 116 valence electrons. The zero-order chi connectivity index (χ0) is 15.2. The fraction of sp³-hybridized carbons (Fsp3) is 0.588. The fourth-order valence-corrected chi connectivity index (χ4v) is 2.90. The van der Waals surface area contributed by atoms with E-state index in [1.807, 2.05) is 24.3 Å². The molecule has 2 unspecified atom stereocenters. The van der Waals surface area contributed by atoms with Crippen LogP contribution < -0.4 is 10.5 Å². The van der Waals surface area contributed by atoms with Crippen LogP contribution in [0.25, 0.3) is 0 Å². The van der Waals surface area contributed by atoms with E-state index in [-0.39, 0.29) is 0 Å². The highest BCUT2D eigenvalue weighted by Crippen LogP contribution is 2.22. The van der Waals surface area contributed by atoms with Crippen molar-refractivity contribution in [1.82, 2.24) is 4.90 Å². The average molecular weight is 306 g/mol. The van der Waals surface area contributed by atoms with Crippen LogP contribution in [0.1, 0.15) is 32.3 Å². The first-order valence-electron chi connectivity index (χ1n) is 7.81. The van der Waals surface area contributed by atoms with Crippen molar-refractivity contribution in [2.75, 3.05) is 26.2 Å². The lowest BCUT2D eigenvalue weighted by molar-refractivity contribution is 0.130. The minimum Gasteiger partial charge on any atom is -0.494 e. The Hall–Kier alpha value is -1.13. The Bertz CT molecular complexity index is 478. The van der Waals surface area contributed by atoms with Crippen LogP contribution in [0.4, 0.5) is 0 Å². The van der Waals surface area contributed by atoms with Crippen LogP contribution in [0.2, 0.25) is 0 Å². The molecular formula is C17H26N2OS. The highest BCUT2D eigenvalue weighted by molar-refractivity contribution is 7.80. The zero-order valence-corrected chi connectivity index (χ0v) is 13.9. The van der Waals surface area contributed by atoms with E-state index in [2.05, 4.69) is 18.7 Å². The van der Waals surface area contributed by atoms with Gasteiger partial charge in [0, 0.05) is 18.7 Å². The van der Waals surface area contributed by atoms with Crippen LogP contribution in [-0.4, -0.2) is 36.1 Å². The van der Waals surface area contributed by atoms with E-state index in [4.69, 9.17) is 22.7 Å². The summed E-state index contributed by atoms with van der Waals surface area (Å²) < 4.78 is 5.79. The lowest BCUT2D eigenvalue weighted by Crippen LogP contribution is -2.39. The van der Waals surface area contributed by atoms with Crippen LogP contribution in [0, 0.1) is 11.8 Å². The number of rotatable bonds is 6. The maximum atomic E-state index is 5.79. The summed E-state index contributed by atoms with van der Waals surface area (Å²) in [6, 6.07) is 7.70. The number of hydrogen-bond donors (Lipinski definition) is 1. The second-order valence-corrected chi connectivity index (χ2v) is 6.58. The molecule has 0 aliphatic carbocycles. The Kier molecular flexibility index (Phi) is 6.00. The number of nitrogens with zero attached hydrogens (tertiary/aromatic N) is 1. The molecule has 2 N–H and O–H groups in total. The van der Waals surface area contributed by atoms with Gasteiger partial charge in [-0.05, 0) is 43.4 Å². The highest BCUT2D eigenvalue weighted by Gasteiger charge is 2.21. The van der Waals surface area contributed by atoms with Crippen molar-refractivity contribution in [2.24, 2.45) is 17.6 Å². The van der Waals surface area contributed by atoms with Crippen LogP contribution in [0.15, 0.2) is 24.3 Å². The summed E-state index contributed by atoms with van der Waals surface area (Å²) in [6.45, 7) is 9.02. The molecule has 1 aromatic carbocycles. The molecule has 1 heterocycles. The van der Waals surface area contributed by atoms with E-state index < -0.39 is 0 Å². The van der Waals surface area contributed by atoms with Gasteiger partial charge >= 0.3 is 0 Å². The summed E-state index contributed by atoms with van der Waals surface area (Å²) in [4.78, 5) is 2.97. The Labute approximate surface area is 133 Å². The van der Waals surface area contributed by atoms with Crippen molar-refractivity contribution in [3.8, 4) is 5.75 Å². The molecule has 1 aliphatic heterocycles. The lowest BCUT2D eigenvalue weighted by Gasteiger charge is -2.35. The molecule has 0 aromatic heterocycles. The SMILES string of the molecule is CC1CCN(CCCOc2cccc(C(N)=S)c2)CC1C. The molecule has 1 aliphatic rings. The largest absolute Gasteiger partial charge is 0.494 e. The summed E-state index contributed by atoms with van der Waals surface area (Å²) in [7, 11) is 0. The van der Waals surface area contributed by atoms with Crippen LogP contribution in [0.5, 0.6) is 5.75 Å². The van der Waals surface area contributed by atoms with Crippen molar-refractivity contribution >= 4 is 17.2 Å². The van der Waals surface area contributed by atoms with Gasteiger partial charge < -0.3 is 15.4 Å². The number of hydrogen-bond acceptors (Lipinski definition) is 3. The Balaban J connectivity index is 1.70. The van der Waals surface area contributed by atoms with E-state index >= 15 is 0 Å². The van der Waals surface area contributed by atoms with E-state index in [0.717, 1.165) is 42.7 Å². The molecule has 3 nitrogen and oxygen atoms in total. The first-order valence-corrected chi connectivity index (χ1v) is 8.22. The van der Waals surface area contributed by atoms with Crippen molar-refractivity contribution < 1.29 is 4.74 Å². The molecule has 0 bridgehead atoms. The van der Waals surface area contributed by atoms with E-state index in [0.29, 0.717) is 4.99 Å². The van der Waals surface area contributed by atoms with Crippen molar-refractivity contribution in [2.45, 2.75) is 26.7 Å². The number of ether oxygens (including phenoxy) is 1. The van der Waals surface area contributed by atoms with E-state index in [1.165, 1.54) is 19.5 Å². The van der Waals surface area contributed by atoms with Gasteiger partial charge in [0.1, 0.15) is 10.7 Å². The molecule has 1 aromatic rings. The minimum atomic E-state index is 0.414. The molecule has 0 spiro atoms. The van der Waals surface area contributed by atoms with Gasteiger partial charge in [-0.1, -0.05) is 38.2 Å². The second kappa shape index (κ2) is 7.76. The van der Waals surface area contributed by atoms with Gasteiger partial charge in [-0.2, -0.15) is 0 Å². The second-order valence-electron chi connectivity index (χ2n) is 6.14. The Morgan fingerprint density at radius 1 is 1.38 bits per heavy atom. The first kappa shape index (κ1) is 16.2. The number of benzene rings is 1. The third-order valence-corrected chi connectivity index (χ3v) is 4.66. The molecule has 1 saturated heterocycles. The van der Waals surface area contributed by atoms with Gasteiger partial charge in [0.15, 0.2) is 0 Å². The smallest absolute Gasteiger partial charge is 0.119 e. The summed E-state index contributed by atoms with van der Waals surface area (Å²) in [5.41, 5.74) is 6.49.